The van der Waals surface area contributed by atoms with Gasteiger partial charge in [0.2, 0.25) is 21.8 Å². The van der Waals surface area contributed by atoms with Gasteiger partial charge >= 0.3 is 0 Å². The van der Waals surface area contributed by atoms with E-state index in [2.05, 4.69) is 5.32 Å². The van der Waals surface area contributed by atoms with Crippen LogP contribution >= 0.6 is 0 Å². The van der Waals surface area contributed by atoms with Gasteiger partial charge in [0.1, 0.15) is 6.04 Å². The lowest BCUT2D eigenvalue weighted by Crippen LogP contribution is -2.54. The molecule has 1 fully saturated rings. The molecule has 2 aromatic carbocycles. The monoisotopic (exact) mass is 499 g/mol. The van der Waals surface area contributed by atoms with Crippen LogP contribution in [0.15, 0.2) is 35.2 Å². The first kappa shape index (κ1) is 26.6. The number of carbonyl (C=O) groups is 3. The van der Waals surface area contributed by atoms with Crippen LogP contribution in [0.25, 0.3) is 0 Å². The van der Waals surface area contributed by atoms with Crippen LogP contribution in [0.5, 0.6) is 0 Å². The fraction of sp³-hybridized carbons (Fsp3) is 0.423. The van der Waals surface area contributed by atoms with Gasteiger partial charge in [0.25, 0.3) is 5.91 Å². The average molecular weight is 500 g/mol. The van der Waals surface area contributed by atoms with E-state index in [4.69, 9.17) is 0 Å². The number of rotatable bonds is 5. The van der Waals surface area contributed by atoms with Crippen molar-refractivity contribution < 1.29 is 22.8 Å². The molecule has 2 aromatic rings. The molecular formula is C26H33N3O5S. The summed E-state index contributed by atoms with van der Waals surface area (Å²) in [6.45, 7) is 13.8. The number of nitrogens with zero attached hydrogens (tertiary/aromatic N) is 2. The third-order valence-electron chi connectivity index (χ3n) is 6.33. The predicted molar refractivity (Wildman–Crippen MR) is 136 cm³/mol. The van der Waals surface area contributed by atoms with Crippen molar-refractivity contribution >= 4 is 39.1 Å². The SMILES string of the molecule is CC(=O)Nc1ccc(N2C(=O)CC(N(C(C)(C)C)S(=O)(=O)c3c(C)c(C)cc(C)c3C)C2=O)cc1. The van der Waals surface area contributed by atoms with Gasteiger partial charge in [0, 0.05) is 18.2 Å². The Balaban J connectivity index is 2.08. The van der Waals surface area contributed by atoms with Gasteiger partial charge in [-0.2, -0.15) is 4.31 Å². The maximum absolute atomic E-state index is 14.2. The van der Waals surface area contributed by atoms with Crippen molar-refractivity contribution in [3.63, 3.8) is 0 Å². The number of nitrogens with one attached hydrogen (secondary N) is 1. The van der Waals surface area contributed by atoms with Crippen LogP contribution in [-0.4, -0.2) is 42.0 Å². The zero-order chi connectivity index (χ0) is 26.5. The Morgan fingerprint density at radius 3 is 1.97 bits per heavy atom. The van der Waals surface area contributed by atoms with E-state index in [0.717, 1.165) is 16.0 Å². The van der Waals surface area contributed by atoms with Gasteiger partial charge in [-0.15, -0.1) is 0 Å². The van der Waals surface area contributed by atoms with Crippen molar-refractivity contribution in [1.29, 1.82) is 0 Å². The van der Waals surface area contributed by atoms with Gasteiger partial charge in [-0.05, 0) is 95.0 Å². The zero-order valence-corrected chi connectivity index (χ0v) is 22.3. The summed E-state index contributed by atoms with van der Waals surface area (Å²) in [5.41, 5.74) is 2.82. The number of amides is 3. The van der Waals surface area contributed by atoms with Gasteiger partial charge in [-0.25, -0.2) is 13.3 Å². The molecule has 1 heterocycles. The summed E-state index contributed by atoms with van der Waals surface area (Å²) in [5, 5.41) is 2.63. The Kier molecular flexibility index (Phi) is 6.98. The number of carbonyl (C=O) groups excluding carboxylic acids is 3. The van der Waals surface area contributed by atoms with Crippen LogP contribution in [0.2, 0.25) is 0 Å². The number of imide groups is 1. The molecule has 1 atom stereocenters. The second-order valence-electron chi connectivity index (χ2n) is 10.1. The molecule has 1 aliphatic rings. The van der Waals surface area contributed by atoms with E-state index in [9.17, 15) is 22.8 Å². The van der Waals surface area contributed by atoms with E-state index in [1.807, 2.05) is 19.9 Å². The Morgan fingerprint density at radius 1 is 1.00 bits per heavy atom. The Bertz CT molecular complexity index is 1280. The predicted octanol–water partition coefficient (Wildman–Crippen LogP) is 4.00. The number of hydrogen-bond donors (Lipinski definition) is 1. The maximum Gasteiger partial charge on any atom is 0.252 e. The van der Waals surface area contributed by atoms with E-state index in [0.29, 0.717) is 22.5 Å². The Morgan fingerprint density at radius 2 is 1.51 bits per heavy atom. The minimum absolute atomic E-state index is 0.184. The quantitative estimate of drug-likeness (QED) is 0.626. The molecule has 0 saturated carbocycles. The minimum Gasteiger partial charge on any atom is -0.326 e. The second kappa shape index (κ2) is 9.20. The fourth-order valence-corrected chi connectivity index (χ4v) is 7.14. The molecule has 35 heavy (non-hydrogen) atoms. The lowest BCUT2D eigenvalue weighted by molar-refractivity contribution is -0.122. The van der Waals surface area contributed by atoms with E-state index in [1.54, 1.807) is 58.9 Å². The highest BCUT2D eigenvalue weighted by Gasteiger charge is 2.51. The van der Waals surface area contributed by atoms with Crippen LogP contribution < -0.4 is 10.2 Å². The molecule has 0 bridgehead atoms. The molecule has 9 heteroatoms. The largest absolute Gasteiger partial charge is 0.326 e. The lowest BCUT2D eigenvalue weighted by Gasteiger charge is -2.38. The topological polar surface area (TPSA) is 104 Å². The minimum atomic E-state index is -4.14. The fourth-order valence-electron chi connectivity index (χ4n) is 4.63. The molecule has 1 N–H and O–H groups in total. The normalized spacial score (nSPS) is 16.8. The van der Waals surface area contributed by atoms with Gasteiger partial charge in [0.15, 0.2) is 0 Å². The molecule has 0 spiro atoms. The number of hydrogen-bond acceptors (Lipinski definition) is 5. The van der Waals surface area contributed by atoms with Crippen molar-refractivity contribution in [3.05, 3.63) is 52.6 Å². The van der Waals surface area contributed by atoms with Gasteiger partial charge in [-0.3, -0.25) is 14.4 Å². The molecule has 3 rings (SSSR count). The second-order valence-corrected chi connectivity index (χ2v) is 11.8. The van der Waals surface area contributed by atoms with Gasteiger partial charge in [0.05, 0.1) is 17.0 Å². The highest BCUT2D eigenvalue weighted by atomic mass is 32.2. The van der Waals surface area contributed by atoms with E-state index in [1.165, 1.54) is 11.2 Å². The van der Waals surface area contributed by atoms with Gasteiger partial charge in [-0.1, -0.05) is 6.07 Å². The molecule has 0 radical (unpaired) electrons. The number of aryl methyl sites for hydroxylation is 2. The molecule has 1 aliphatic heterocycles. The summed E-state index contributed by atoms with van der Waals surface area (Å²) < 4.78 is 29.5. The van der Waals surface area contributed by atoms with Crippen molar-refractivity contribution in [3.8, 4) is 0 Å². The number of anilines is 2. The molecule has 1 saturated heterocycles. The highest BCUT2D eigenvalue weighted by Crippen LogP contribution is 2.37. The molecule has 8 nitrogen and oxygen atoms in total. The van der Waals surface area contributed by atoms with E-state index < -0.39 is 33.4 Å². The first-order valence-corrected chi connectivity index (χ1v) is 12.9. The van der Waals surface area contributed by atoms with Crippen LogP contribution in [0, 0.1) is 27.7 Å². The maximum atomic E-state index is 14.2. The number of benzene rings is 2. The highest BCUT2D eigenvalue weighted by molar-refractivity contribution is 7.89. The van der Waals surface area contributed by atoms with Crippen molar-refractivity contribution in [2.45, 2.75) is 78.3 Å². The molecule has 0 aliphatic carbocycles. The smallest absolute Gasteiger partial charge is 0.252 e. The zero-order valence-electron chi connectivity index (χ0n) is 21.5. The third-order valence-corrected chi connectivity index (χ3v) is 8.78. The summed E-state index contributed by atoms with van der Waals surface area (Å²) in [6.07, 6.45) is -0.258. The first-order chi connectivity index (χ1) is 16.1. The summed E-state index contributed by atoms with van der Waals surface area (Å²) in [5.74, 6) is -1.32. The Hall–Kier alpha value is -3.04. The molecule has 0 aromatic heterocycles. The van der Waals surface area contributed by atoms with Crippen LogP contribution in [-0.2, 0) is 24.4 Å². The summed E-state index contributed by atoms with van der Waals surface area (Å²) >= 11 is 0. The van der Waals surface area contributed by atoms with E-state index in [-0.39, 0.29) is 17.2 Å². The van der Waals surface area contributed by atoms with Crippen LogP contribution in [0.4, 0.5) is 11.4 Å². The summed E-state index contributed by atoms with van der Waals surface area (Å²) in [4.78, 5) is 39.1. The molecule has 188 valence electrons. The first-order valence-electron chi connectivity index (χ1n) is 11.4. The van der Waals surface area contributed by atoms with Crippen molar-refractivity contribution in [1.82, 2.24) is 4.31 Å². The standard InChI is InChI=1S/C26H33N3O5S/c1-15-13-16(2)18(4)24(17(15)3)35(33,34)29(26(6,7)8)22-14-23(31)28(25(22)32)21-11-9-20(10-12-21)27-19(5)30/h9-13,22H,14H2,1-8H3,(H,27,30). The molecule has 3 amide bonds. The third kappa shape index (κ3) is 4.88. The van der Waals surface area contributed by atoms with Crippen molar-refractivity contribution in [2.75, 3.05) is 10.2 Å². The van der Waals surface area contributed by atoms with Crippen LogP contribution in [0.3, 0.4) is 0 Å². The lowest BCUT2D eigenvalue weighted by atomic mass is 10.0. The summed E-state index contributed by atoms with van der Waals surface area (Å²) in [6, 6.07) is 7.05. The average Bonchev–Trinajstić information content (AvgIpc) is 2.99. The Labute approximate surface area is 207 Å². The van der Waals surface area contributed by atoms with E-state index >= 15 is 0 Å². The summed E-state index contributed by atoms with van der Waals surface area (Å²) in [7, 11) is -4.14. The van der Waals surface area contributed by atoms with Crippen LogP contribution in [0.1, 0.15) is 56.4 Å². The van der Waals surface area contributed by atoms with Gasteiger partial charge < -0.3 is 5.32 Å². The van der Waals surface area contributed by atoms with Crippen molar-refractivity contribution in [2.24, 2.45) is 0 Å². The number of sulfonamides is 1. The molecular weight excluding hydrogens is 466 g/mol. The molecule has 1 unspecified atom stereocenters.